The Bertz CT molecular complexity index is 496. The van der Waals surface area contributed by atoms with E-state index in [0.29, 0.717) is 13.0 Å². The molecule has 1 amide bonds. The topological polar surface area (TPSA) is 106 Å². The molecular weight excluding hydrogens is 270 g/mol. The number of carbonyl (C=O) groups is 1. The minimum atomic E-state index is -0.561. The van der Waals surface area contributed by atoms with E-state index in [-0.39, 0.29) is 11.7 Å². The van der Waals surface area contributed by atoms with Crippen LogP contribution in [-0.2, 0) is 11.3 Å². The molecule has 0 aliphatic carbocycles. The third-order valence-corrected chi connectivity index (χ3v) is 3.32. The average Bonchev–Trinajstić information content (AvgIpc) is 2.78. The zero-order chi connectivity index (χ0) is 15.8. The number of hydrogen-bond donors (Lipinski definition) is 3. The molecule has 1 aromatic heterocycles. The highest BCUT2D eigenvalue weighted by atomic mass is 16.4. The molecule has 1 rings (SSSR count). The van der Waals surface area contributed by atoms with Crippen molar-refractivity contribution in [3.8, 4) is 0 Å². The van der Waals surface area contributed by atoms with Crippen LogP contribution in [0.15, 0.2) is 11.2 Å². The molecule has 0 bridgehead atoms. The van der Waals surface area contributed by atoms with Crippen LogP contribution in [0.4, 0.5) is 0 Å². The molecule has 0 aromatic carbocycles. The van der Waals surface area contributed by atoms with Gasteiger partial charge < -0.3 is 16.3 Å². The van der Waals surface area contributed by atoms with Crippen LogP contribution >= 0.6 is 0 Å². The number of nitrogens with one attached hydrogen (secondary N) is 1. The highest BCUT2D eigenvalue weighted by Gasteiger charge is 2.21. The van der Waals surface area contributed by atoms with E-state index in [9.17, 15) is 4.79 Å². The average molecular weight is 295 g/mol. The molecule has 0 spiro atoms. The molecule has 0 radical (unpaired) electrons. The third kappa shape index (κ3) is 5.09. The van der Waals surface area contributed by atoms with Gasteiger partial charge in [-0.2, -0.15) is 5.10 Å². The second kappa shape index (κ2) is 8.28. The minimum absolute atomic E-state index is 0.0344. The van der Waals surface area contributed by atoms with Crippen LogP contribution in [0, 0.1) is 19.8 Å². The van der Waals surface area contributed by atoms with Gasteiger partial charge in [0.25, 0.3) is 0 Å². The van der Waals surface area contributed by atoms with Gasteiger partial charge in [-0.1, -0.05) is 18.5 Å². The van der Waals surface area contributed by atoms with Crippen molar-refractivity contribution < 1.29 is 10.0 Å². The summed E-state index contributed by atoms with van der Waals surface area (Å²) >= 11 is 0. The Morgan fingerprint density at radius 2 is 2.29 bits per heavy atom. The van der Waals surface area contributed by atoms with Crippen LogP contribution in [0.5, 0.6) is 0 Å². The van der Waals surface area contributed by atoms with Crippen LogP contribution in [0.2, 0.25) is 0 Å². The van der Waals surface area contributed by atoms with E-state index < -0.39 is 5.92 Å². The van der Waals surface area contributed by atoms with Gasteiger partial charge in [-0.15, -0.1) is 0 Å². The van der Waals surface area contributed by atoms with Gasteiger partial charge in [0, 0.05) is 18.8 Å². The predicted octanol–water partition coefficient (Wildman–Crippen LogP) is 1.17. The number of amidine groups is 1. The van der Waals surface area contributed by atoms with Crippen LogP contribution in [0.25, 0.3) is 0 Å². The number of aryl methyl sites for hydroxylation is 3. The van der Waals surface area contributed by atoms with E-state index in [1.807, 2.05) is 31.5 Å². The number of amides is 1. The lowest BCUT2D eigenvalue weighted by molar-refractivity contribution is -0.123. The summed E-state index contributed by atoms with van der Waals surface area (Å²) in [7, 11) is 0. The first kappa shape index (κ1) is 17.0. The molecule has 1 atom stereocenters. The van der Waals surface area contributed by atoms with Gasteiger partial charge in [0.15, 0.2) is 5.84 Å². The van der Waals surface area contributed by atoms with Gasteiger partial charge in [0.1, 0.15) is 0 Å². The first-order valence-electron chi connectivity index (χ1n) is 7.25. The maximum atomic E-state index is 12.0. The highest BCUT2D eigenvalue weighted by Crippen LogP contribution is 2.07. The number of carbonyl (C=O) groups excluding carboxylic acids is 1. The molecule has 1 aromatic rings. The van der Waals surface area contributed by atoms with Crippen molar-refractivity contribution in [2.24, 2.45) is 16.8 Å². The van der Waals surface area contributed by atoms with Crippen molar-refractivity contribution in [1.29, 1.82) is 0 Å². The molecule has 0 aliphatic rings. The summed E-state index contributed by atoms with van der Waals surface area (Å²) in [6, 6.07) is 2.02. The molecular formula is C14H25N5O2. The monoisotopic (exact) mass is 295 g/mol. The lowest BCUT2D eigenvalue weighted by atomic mass is 10.0. The maximum Gasteiger partial charge on any atom is 0.230 e. The van der Waals surface area contributed by atoms with Gasteiger partial charge in [-0.3, -0.25) is 9.48 Å². The molecule has 21 heavy (non-hydrogen) atoms. The maximum absolute atomic E-state index is 12.0. The standard InChI is InChI=1S/C14H25N5O2/c1-4-6-12(13(15)18-21)14(20)16-7-5-8-19-11(3)9-10(2)17-19/h9,12,21H,4-8H2,1-3H3,(H2,15,18)(H,16,20). The van der Waals surface area contributed by atoms with Crippen LogP contribution in [0.3, 0.4) is 0 Å². The van der Waals surface area contributed by atoms with Gasteiger partial charge in [0.05, 0.1) is 11.6 Å². The van der Waals surface area contributed by atoms with E-state index in [4.69, 9.17) is 10.9 Å². The lowest BCUT2D eigenvalue weighted by Crippen LogP contribution is -2.39. The summed E-state index contributed by atoms with van der Waals surface area (Å²) in [6.45, 7) is 7.21. The Labute approximate surface area is 125 Å². The Balaban J connectivity index is 2.40. The normalized spacial score (nSPS) is 13.2. The zero-order valence-corrected chi connectivity index (χ0v) is 13.0. The number of hydrogen-bond acceptors (Lipinski definition) is 4. The lowest BCUT2D eigenvalue weighted by Gasteiger charge is -2.14. The summed E-state index contributed by atoms with van der Waals surface area (Å²) in [5, 5.41) is 18.8. The summed E-state index contributed by atoms with van der Waals surface area (Å²) in [5.74, 6) is -0.790. The summed E-state index contributed by atoms with van der Waals surface area (Å²) in [5.41, 5.74) is 7.65. The second-order valence-electron chi connectivity index (χ2n) is 5.16. The van der Waals surface area contributed by atoms with Gasteiger partial charge in [-0.25, -0.2) is 0 Å². The van der Waals surface area contributed by atoms with Gasteiger partial charge in [-0.05, 0) is 32.8 Å². The van der Waals surface area contributed by atoms with E-state index in [0.717, 1.165) is 30.8 Å². The van der Waals surface area contributed by atoms with Crippen molar-refractivity contribution in [1.82, 2.24) is 15.1 Å². The SMILES string of the molecule is CCCC(C(=O)NCCCn1nc(C)cc1C)/C(N)=N/O. The van der Waals surface area contributed by atoms with Crippen molar-refractivity contribution in [3.63, 3.8) is 0 Å². The smallest absolute Gasteiger partial charge is 0.230 e. The van der Waals surface area contributed by atoms with E-state index >= 15 is 0 Å². The fraction of sp³-hybridized carbons (Fsp3) is 0.643. The quantitative estimate of drug-likeness (QED) is 0.220. The molecule has 0 aliphatic heterocycles. The van der Waals surface area contributed by atoms with Crippen molar-refractivity contribution >= 4 is 11.7 Å². The Hall–Kier alpha value is -2.05. The fourth-order valence-corrected chi connectivity index (χ4v) is 2.24. The molecule has 118 valence electrons. The van der Waals surface area contributed by atoms with Crippen molar-refractivity contribution in [2.75, 3.05) is 6.54 Å². The number of aromatic nitrogens is 2. The number of nitrogens with two attached hydrogens (primary N) is 1. The third-order valence-electron chi connectivity index (χ3n) is 3.32. The zero-order valence-electron chi connectivity index (χ0n) is 13.0. The molecule has 1 unspecified atom stereocenters. The Morgan fingerprint density at radius 1 is 1.57 bits per heavy atom. The fourth-order valence-electron chi connectivity index (χ4n) is 2.24. The largest absolute Gasteiger partial charge is 0.409 e. The molecule has 0 fully saturated rings. The number of oxime groups is 1. The van der Waals surface area contributed by atoms with E-state index in [1.54, 1.807) is 0 Å². The first-order valence-corrected chi connectivity index (χ1v) is 7.25. The molecule has 0 saturated heterocycles. The molecule has 1 heterocycles. The number of rotatable bonds is 8. The van der Waals surface area contributed by atoms with Crippen molar-refractivity contribution in [2.45, 2.75) is 46.6 Å². The van der Waals surface area contributed by atoms with Crippen LogP contribution in [-0.4, -0.2) is 33.3 Å². The minimum Gasteiger partial charge on any atom is -0.409 e. The predicted molar refractivity (Wildman–Crippen MR) is 81.1 cm³/mol. The summed E-state index contributed by atoms with van der Waals surface area (Å²) in [4.78, 5) is 12.0. The van der Waals surface area contributed by atoms with E-state index in [2.05, 4.69) is 15.6 Å². The van der Waals surface area contributed by atoms with Crippen LogP contribution in [0.1, 0.15) is 37.6 Å². The second-order valence-corrected chi connectivity index (χ2v) is 5.16. The van der Waals surface area contributed by atoms with Crippen molar-refractivity contribution in [3.05, 3.63) is 17.5 Å². The molecule has 0 saturated carbocycles. The van der Waals surface area contributed by atoms with Crippen LogP contribution < -0.4 is 11.1 Å². The van der Waals surface area contributed by atoms with Gasteiger partial charge in [0.2, 0.25) is 5.91 Å². The Kier molecular flexibility index (Phi) is 6.71. The Morgan fingerprint density at radius 3 is 2.81 bits per heavy atom. The van der Waals surface area contributed by atoms with Gasteiger partial charge >= 0.3 is 0 Å². The summed E-state index contributed by atoms with van der Waals surface area (Å²) in [6.07, 6.45) is 2.14. The molecule has 7 heteroatoms. The highest BCUT2D eigenvalue weighted by molar-refractivity contribution is 6.01. The molecule has 4 N–H and O–H groups in total. The number of nitrogens with zero attached hydrogens (tertiary/aromatic N) is 3. The molecule has 7 nitrogen and oxygen atoms in total. The summed E-state index contributed by atoms with van der Waals surface area (Å²) < 4.78 is 1.93. The first-order chi connectivity index (χ1) is 9.99. The van der Waals surface area contributed by atoms with E-state index in [1.165, 1.54) is 0 Å².